The Bertz CT molecular complexity index is 1580. The quantitative estimate of drug-likeness (QED) is 0.202. The Morgan fingerprint density at radius 1 is 0.829 bits per heavy atom. The van der Waals surface area contributed by atoms with Crippen LogP contribution in [0.15, 0.2) is 109 Å². The topological polar surface area (TPSA) is 43.7 Å². The van der Waals surface area contributed by atoms with Gasteiger partial charge in [-0.25, -0.2) is 0 Å². The van der Waals surface area contributed by atoms with E-state index in [2.05, 4.69) is 90.5 Å². The molecule has 0 radical (unpaired) electrons. The van der Waals surface area contributed by atoms with Crippen molar-refractivity contribution < 1.29 is 14.3 Å². The molecule has 5 aromatic rings. The van der Waals surface area contributed by atoms with E-state index in [9.17, 15) is 4.79 Å². The summed E-state index contributed by atoms with van der Waals surface area (Å²) in [5, 5.41) is 1.18. The number of carbonyl (C=O) groups is 1. The van der Waals surface area contributed by atoms with Crippen molar-refractivity contribution in [3.8, 4) is 5.75 Å². The van der Waals surface area contributed by atoms with Crippen LogP contribution >= 0.6 is 0 Å². The summed E-state index contributed by atoms with van der Waals surface area (Å²) in [6, 6.07) is 35.7. The molecule has 0 N–H and O–H groups in total. The number of morpholine rings is 1. The molecule has 4 aromatic carbocycles. The van der Waals surface area contributed by atoms with E-state index < -0.39 is 0 Å². The molecule has 0 aliphatic carbocycles. The van der Waals surface area contributed by atoms with Crippen LogP contribution < -0.4 is 4.74 Å². The van der Waals surface area contributed by atoms with Crippen LogP contribution in [-0.4, -0.2) is 41.7 Å². The molecule has 2 heterocycles. The average Bonchev–Trinajstić information content (AvgIpc) is 3.39. The normalized spacial score (nSPS) is 14.2. The van der Waals surface area contributed by atoms with E-state index in [-0.39, 0.29) is 11.8 Å². The van der Waals surface area contributed by atoms with E-state index in [1.807, 2.05) is 35.2 Å². The Labute approximate surface area is 241 Å². The van der Waals surface area contributed by atoms with Crippen LogP contribution in [0.4, 0.5) is 0 Å². The second-order valence-corrected chi connectivity index (χ2v) is 10.8. The Balaban J connectivity index is 1.32. The van der Waals surface area contributed by atoms with Gasteiger partial charge in [-0.1, -0.05) is 90.5 Å². The van der Waals surface area contributed by atoms with Crippen LogP contribution in [0.5, 0.6) is 5.75 Å². The first kappa shape index (κ1) is 26.9. The molecule has 5 nitrogen and oxygen atoms in total. The first-order chi connectivity index (χ1) is 20.1. The van der Waals surface area contributed by atoms with Crippen LogP contribution in [0, 0.1) is 6.92 Å². The van der Waals surface area contributed by atoms with Gasteiger partial charge in [-0.3, -0.25) is 4.79 Å². The highest BCUT2D eigenvalue weighted by atomic mass is 16.5. The lowest BCUT2D eigenvalue weighted by atomic mass is 9.87. The molecular formula is C36H36N2O3. The summed E-state index contributed by atoms with van der Waals surface area (Å²) in [5.41, 5.74) is 7.10. The lowest BCUT2D eigenvalue weighted by Crippen LogP contribution is -2.41. The van der Waals surface area contributed by atoms with Crippen molar-refractivity contribution >= 4 is 16.8 Å². The van der Waals surface area contributed by atoms with Gasteiger partial charge < -0.3 is 18.9 Å². The molecule has 1 atom stereocenters. The number of fused-ring (bicyclic) bond motifs is 1. The molecule has 1 aliphatic rings. The molecule has 1 aliphatic heterocycles. The number of hydrogen-bond donors (Lipinski definition) is 0. The predicted molar refractivity (Wildman–Crippen MR) is 163 cm³/mol. The van der Waals surface area contributed by atoms with Gasteiger partial charge >= 0.3 is 0 Å². The number of aryl methyl sites for hydroxylation is 1. The van der Waals surface area contributed by atoms with Gasteiger partial charge in [0.2, 0.25) is 5.91 Å². The van der Waals surface area contributed by atoms with Gasteiger partial charge in [0.25, 0.3) is 0 Å². The zero-order valence-electron chi connectivity index (χ0n) is 23.5. The number of ether oxygens (including phenoxy) is 2. The maximum atomic E-state index is 13.6. The monoisotopic (exact) mass is 544 g/mol. The van der Waals surface area contributed by atoms with Crippen LogP contribution in [0.2, 0.25) is 0 Å². The lowest BCUT2D eigenvalue weighted by Gasteiger charge is -2.28. The van der Waals surface area contributed by atoms with E-state index in [1.54, 1.807) is 0 Å². The van der Waals surface area contributed by atoms with E-state index in [0.717, 1.165) is 23.4 Å². The second-order valence-electron chi connectivity index (χ2n) is 10.8. The van der Waals surface area contributed by atoms with Crippen molar-refractivity contribution in [1.29, 1.82) is 0 Å². The maximum Gasteiger partial charge on any atom is 0.223 e. The van der Waals surface area contributed by atoms with E-state index in [1.165, 1.54) is 27.6 Å². The standard InChI is InChI=1S/C36H36N2O3/c1-27-11-13-28(14-12-27)24-38-25-34(32-9-5-6-10-35(32)38)33(23-36(39)37-19-21-40-22-20-37)30-15-17-31(18-16-30)41-26-29-7-3-2-4-8-29/h2-18,25,33H,19-24,26H2,1H3/t33-/m0/s1. The number of amides is 1. The number of hydrogen-bond acceptors (Lipinski definition) is 3. The molecule has 0 saturated carbocycles. The van der Waals surface area contributed by atoms with Gasteiger partial charge in [-0.2, -0.15) is 0 Å². The molecule has 6 rings (SSSR count). The number of benzene rings is 4. The molecule has 1 amide bonds. The largest absolute Gasteiger partial charge is 0.489 e. The number of aromatic nitrogens is 1. The Kier molecular flexibility index (Phi) is 8.15. The fourth-order valence-electron chi connectivity index (χ4n) is 5.63. The van der Waals surface area contributed by atoms with Crippen LogP contribution in [-0.2, 0) is 22.7 Å². The SMILES string of the molecule is Cc1ccc(Cn2cc([C@@H](CC(=O)N3CCOCC3)c3ccc(OCc4ccccc4)cc3)c3ccccc32)cc1. The van der Waals surface area contributed by atoms with E-state index in [0.29, 0.717) is 39.3 Å². The van der Waals surface area contributed by atoms with E-state index in [4.69, 9.17) is 9.47 Å². The van der Waals surface area contributed by atoms with Crippen LogP contribution in [0.3, 0.4) is 0 Å². The first-order valence-electron chi connectivity index (χ1n) is 14.4. The molecule has 0 bridgehead atoms. The summed E-state index contributed by atoms with van der Waals surface area (Å²) in [5.74, 6) is 0.897. The minimum atomic E-state index is -0.0855. The van der Waals surface area contributed by atoms with Crippen molar-refractivity contribution in [2.24, 2.45) is 0 Å². The number of nitrogens with zero attached hydrogens (tertiary/aromatic N) is 2. The van der Waals surface area contributed by atoms with Crippen LogP contribution in [0.1, 0.15) is 40.2 Å². The summed E-state index contributed by atoms with van der Waals surface area (Å²) in [6.07, 6.45) is 2.66. The molecule has 5 heteroatoms. The highest BCUT2D eigenvalue weighted by molar-refractivity contribution is 5.87. The van der Waals surface area contributed by atoms with Crippen molar-refractivity contribution in [2.75, 3.05) is 26.3 Å². The highest BCUT2D eigenvalue weighted by Crippen LogP contribution is 2.36. The third kappa shape index (κ3) is 6.36. The number of para-hydroxylation sites is 1. The summed E-state index contributed by atoms with van der Waals surface area (Å²) in [7, 11) is 0. The lowest BCUT2D eigenvalue weighted by molar-refractivity contribution is -0.135. The molecule has 0 unspecified atom stereocenters. The van der Waals surface area contributed by atoms with Gasteiger partial charge in [-0.05, 0) is 47.4 Å². The molecule has 0 spiro atoms. The zero-order chi connectivity index (χ0) is 28.0. The minimum absolute atomic E-state index is 0.0855. The zero-order valence-corrected chi connectivity index (χ0v) is 23.5. The average molecular weight is 545 g/mol. The third-order valence-electron chi connectivity index (χ3n) is 7.94. The fraction of sp³-hybridized carbons (Fsp3) is 0.250. The van der Waals surface area contributed by atoms with Crippen molar-refractivity contribution in [1.82, 2.24) is 9.47 Å². The highest BCUT2D eigenvalue weighted by Gasteiger charge is 2.26. The maximum absolute atomic E-state index is 13.6. The van der Waals surface area contributed by atoms with Gasteiger partial charge in [0.15, 0.2) is 0 Å². The molecule has 41 heavy (non-hydrogen) atoms. The molecular weight excluding hydrogens is 508 g/mol. The predicted octanol–water partition coefficient (Wildman–Crippen LogP) is 6.96. The van der Waals surface area contributed by atoms with Crippen molar-refractivity contribution in [2.45, 2.75) is 32.4 Å². The fourth-order valence-corrected chi connectivity index (χ4v) is 5.63. The summed E-state index contributed by atoms with van der Waals surface area (Å²) in [4.78, 5) is 15.5. The Morgan fingerprint density at radius 3 is 2.29 bits per heavy atom. The smallest absolute Gasteiger partial charge is 0.223 e. The Morgan fingerprint density at radius 2 is 1.54 bits per heavy atom. The Hall–Kier alpha value is -4.35. The van der Waals surface area contributed by atoms with Crippen molar-refractivity contribution in [3.05, 3.63) is 137 Å². The first-order valence-corrected chi connectivity index (χ1v) is 14.4. The van der Waals surface area contributed by atoms with Gasteiger partial charge in [0, 0.05) is 49.1 Å². The summed E-state index contributed by atoms with van der Waals surface area (Å²) >= 11 is 0. The third-order valence-corrected chi connectivity index (χ3v) is 7.94. The summed E-state index contributed by atoms with van der Waals surface area (Å²) < 4.78 is 13.9. The van der Waals surface area contributed by atoms with Crippen LogP contribution in [0.25, 0.3) is 10.9 Å². The number of carbonyl (C=O) groups excluding carboxylic acids is 1. The minimum Gasteiger partial charge on any atom is -0.489 e. The molecule has 1 fully saturated rings. The molecule has 1 aromatic heterocycles. The second kappa shape index (κ2) is 12.4. The molecule has 208 valence electrons. The van der Waals surface area contributed by atoms with Gasteiger partial charge in [0.05, 0.1) is 13.2 Å². The summed E-state index contributed by atoms with van der Waals surface area (Å²) in [6.45, 7) is 5.89. The molecule has 1 saturated heterocycles. The van der Waals surface area contributed by atoms with Crippen molar-refractivity contribution in [3.63, 3.8) is 0 Å². The number of rotatable bonds is 9. The van der Waals surface area contributed by atoms with Gasteiger partial charge in [0.1, 0.15) is 12.4 Å². The van der Waals surface area contributed by atoms with E-state index >= 15 is 0 Å². The van der Waals surface area contributed by atoms with Gasteiger partial charge in [-0.15, -0.1) is 0 Å².